The molecule has 0 saturated heterocycles. The zero-order chi connectivity index (χ0) is 28.5. The summed E-state index contributed by atoms with van der Waals surface area (Å²) >= 11 is 0. The first-order chi connectivity index (χ1) is 18.2. The predicted octanol–water partition coefficient (Wildman–Crippen LogP) is 5.15. The Morgan fingerprint density at radius 3 is 2.03 bits per heavy atom. The Bertz CT molecular complexity index is 710. The molecule has 3 unspecified atom stereocenters. The Balaban J connectivity index is 4.04. The molecule has 0 spiro atoms. The van der Waals surface area contributed by atoms with Crippen LogP contribution in [0.3, 0.4) is 0 Å². The van der Waals surface area contributed by atoms with E-state index in [0.717, 1.165) is 38.5 Å². The summed E-state index contributed by atoms with van der Waals surface area (Å²) in [6, 6.07) is 0. The SMILES string of the molecule is CCCCCC/C=C\C/C=C\CCCCCCCC(=O)OC(COC(C)=O)COP(=O)(O)OCC(O)CO. The molecule has 0 aromatic carbocycles. The van der Waals surface area contributed by atoms with Gasteiger partial charge in [0.05, 0.1) is 19.8 Å². The fourth-order valence-electron chi connectivity index (χ4n) is 3.28. The topological polar surface area (TPSA) is 149 Å². The van der Waals surface area contributed by atoms with Crippen LogP contribution in [0.15, 0.2) is 24.3 Å². The molecule has 0 radical (unpaired) electrons. The largest absolute Gasteiger partial charge is 0.472 e. The number of rotatable bonds is 25. The summed E-state index contributed by atoms with van der Waals surface area (Å²) in [6.07, 6.45) is 19.7. The van der Waals surface area contributed by atoms with Crippen molar-refractivity contribution in [1.82, 2.24) is 0 Å². The van der Waals surface area contributed by atoms with Crippen LogP contribution in [0.2, 0.25) is 0 Å². The van der Waals surface area contributed by atoms with Gasteiger partial charge in [0.25, 0.3) is 0 Å². The molecule has 3 N–H and O–H groups in total. The van der Waals surface area contributed by atoms with E-state index in [1.165, 1.54) is 39.0 Å². The van der Waals surface area contributed by atoms with Crippen molar-refractivity contribution in [3.05, 3.63) is 24.3 Å². The Kier molecular flexibility index (Phi) is 23.5. The van der Waals surface area contributed by atoms with Crippen molar-refractivity contribution >= 4 is 19.8 Å². The number of allylic oxidation sites excluding steroid dienone is 4. The average molecular weight is 565 g/mol. The molecule has 0 amide bonds. The molecule has 222 valence electrons. The second-order valence-corrected chi connectivity index (χ2v) is 10.6. The maximum Gasteiger partial charge on any atom is 0.472 e. The molecular weight excluding hydrogens is 515 g/mol. The van der Waals surface area contributed by atoms with E-state index in [2.05, 4.69) is 35.8 Å². The lowest BCUT2D eigenvalue weighted by Gasteiger charge is -2.20. The summed E-state index contributed by atoms with van der Waals surface area (Å²) in [5, 5.41) is 17.9. The highest BCUT2D eigenvalue weighted by molar-refractivity contribution is 7.47. The van der Waals surface area contributed by atoms with Crippen molar-refractivity contribution in [2.75, 3.05) is 26.4 Å². The molecule has 0 rings (SSSR count). The monoisotopic (exact) mass is 564 g/mol. The molecule has 38 heavy (non-hydrogen) atoms. The van der Waals surface area contributed by atoms with Crippen molar-refractivity contribution in [3.8, 4) is 0 Å². The minimum Gasteiger partial charge on any atom is -0.462 e. The number of carbonyl (C=O) groups excluding carboxylic acids is 2. The molecule has 0 aromatic rings. The maximum absolute atomic E-state index is 12.2. The number of hydrogen-bond acceptors (Lipinski definition) is 9. The number of carbonyl (C=O) groups is 2. The van der Waals surface area contributed by atoms with Crippen molar-refractivity contribution < 1.29 is 47.8 Å². The Hall–Kier alpha value is -1.55. The first kappa shape index (κ1) is 36.5. The van der Waals surface area contributed by atoms with E-state index in [9.17, 15) is 24.2 Å². The van der Waals surface area contributed by atoms with Gasteiger partial charge in [-0.25, -0.2) is 4.57 Å². The minimum absolute atomic E-state index is 0.164. The lowest BCUT2D eigenvalue weighted by Crippen LogP contribution is -2.29. The smallest absolute Gasteiger partial charge is 0.462 e. The first-order valence-corrected chi connectivity index (χ1v) is 15.2. The highest BCUT2D eigenvalue weighted by Crippen LogP contribution is 2.43. The van der Waals surface area contributed by atoms with Crippen molar-refractivity contribution in [2.24, 2.45) is 0 Å². The fraction of sp³-hybridized carbons (Fsp3) is 0.778. The molecule has 0 aliphatic heterocycles. The fourth-order valence-corrected chi connectivity index (χ4v) is 4.07. The normalized spacial score (nSPS) is 15.0. The first-order valence-electron chi connectivity index (χ1n) is 13.7. The number of esters is 2. The molecule has 3 atom stereocenters. The number of hydrogen-bond donors (Lipinski definition) is 3. The summed E-state index contributed by atoms with van der Waals surface area (Å²) in [6.45, 7) is 1.23. The van der Waals surface area contributed by atoms with Crippen LogP contribution in [0.1, 0.15) is 97.3 Å². The van der Waals surface area contributed by atoms with Gasteiger partial charge >= 0.3 is 19.8 Å². The van der Waals surface area contributed by atoms with Crippen molar-refractivity contribution in [3.63, 3.8) is 0 Å². The van der Waals surface area contributed by atoms with Crippen molar-refractivity contribution in [1.29, 1.82) is 0 Å². The number of unbranched alkanes of at least 4 members (excludes halogenated alkanes) is 9. The van der Waals surface area contributed by atoms with Crippen LogP contribution in [0.4, 0.5) is 0 Å². The highest BCUT2D eigenvalue weighted by atomic mass is 31.2. The number of aliphatic hydroxyl groups is 2. The van der Waals surface area contributed by atoms with E-state index >= 15 is 0 Å². The molecule has 0 saturated carbocycles. The van der Waals surface area contributed by atoms with E-state index in [-0.39, 0.29) is 13.0 Å². The number of phosphoric ester groups is 1. The molecule has 0 aliphatic rings. The molecular formula is C27H49O10P. The summed E-state index contributed by atoms with van der Waals surface area (Å²) in [5.41, 5.74) is 0. The van der Waals surface area contributed by atoms with Gasteiger partial charge < -0.3 is 24.6 Å². The minimum atomic E-state index is -4.57. The standard InChI is InChI=1S/C27H49O10P/c1-3-4-5-6-7-8-9-10-11-12-13-14-15-16-17-18-19-27(31)37-26(22-34-24(2)29)23-36-38(32,33)35-21-25(30)20-28/h8-9,11-12,25-26,28,30H,3-7,10,13-23H2,1-2H3,(H,32,33)/b9-8-,12-11-. The molecule has 0 aliphatic carbocycles. The number of phosphoric acid groups is 1. The average Bonchev–Trinajstić information content (AvgIpc) is 2.88. The van der Waals surface area contributed by atoms with E-state index in [0.29, 0.717) is 6.42 Å². The maximum atomic E-state index is 12.2. The van der Waals surface area contributed by atoms with E-state index in [4.69, 9.17) is 19.1 Å². The summed E-state index contributed by atoms with van der Waals surface area (Å²) in [4.78, 5) is 32.9. The summed E-state index contributed by atoms with van der Waals surface area (Å²) < 4.78 is 31.3. The van der Waals surface area contributed by atoms with E-state index in [1.807, 2.05) is 0 Å². The van der Waals surface area contributed by atoms with Gasteiger partial charge in [0.15, 0.2) is 6.10 Å². The molecule has 0 bridgehead atoms. The van der Waals surface area contributed by atoms with Crippen molar-refractivity contribution in [2.45, 2.75) is 110 Å². The quantitative estimate of drug-likeness (QED) is 0.0588. The Morgan fingerprint density at radius 1 is 0.842 bits per heavy atom. The third-order valence-corrected chi connectivity index (χ3v) is 6.37. The molecule has 0 aromatic heterocycles. The predicted molar refractivity (Wildman–Crippen MR) is 145 cm³/mol. The van der Waals surface area contributed by atoms with Crippen LogP contribution in [-0.2, 0) is 32.7 Å². The lowest BCUT2D eigenvalue weighted by atomic mass is 10.1. The van der Waals surface area contributed by atoms with E-state index < -0.39 is 51.8 Å². The van der Waals surface area contributed by atoms with Crippen LogP contribution >= 0.6 is 7.82 Å². The molecule has 0 heterocycles. The Labute approximate surface area is 228 Å². The van der Waals surface area contributed by atoms with Crippen LogP contribution in [0, 0.1) is 0 Å². The highest BCUT2D eigenvalue weighted by Gasteiger charge is 2.26. The van der Waals surface area contributed by atoms with Crippen LogP contribution in [0.25, 0.3) is 0 Å². The van der Waals surface area contributed by atoms with Gasteiger partial charge in [-0.2, -0.15) is 0 Å². The van der Waals surface area contributed by atoms with Crippen LogP contribution in [0.5, 0.6) is 0 Å². The zero-order valence-corrected chi connectivity index (χ0v) is 24.0. The zero-order valence-electron chi connectivity index (χ0n) is 23.1. The van der Waals surface area contributed by atoms with Gasteiger partial charge in [0.2, 0.25) is 0 Å². The second-order valence-electron chi connectivity index (χ2n) is 9.15. The third-order valence-electron chi connectivity index (χ3n) is 5.42. The molecule has 0 fully saturated rings. The van der Waals surface area contributed by atoms with Gasteiger partial charge in [-0.05, 0) is 38.5 Å². The Morgan fingerprint density at radius 2 is 1.42 bits per heavy atom. The molecule has 11 heteroatoms. The van der Waals surface area contributed by atoms with Crippen LogP contribution in [-0.4, -0.2) is 65.7 Å². The molecule has 10 nitrogen and oxygen atoms in total. The van der Waals surface area contributed by atoms with Crippen LogP contribution < -0.4 is 0 Å². The van der Waals surface area contributed by atoms with E-state index in [1.54, 1.807) is 0 Å². The van der Waals surface area contributed by atoms with Gasteiger partial charge in [-0.3, -0.25) is 18.6 Å². The van der Waals surface area contributed by atoms with Gasteiger partial charge in [0, 0.05) is 13.3 Å². The number of aliphatic hydroxyl groups excluding tert-OH is 2. The lowest BCUT2D eigenvalue weighted by molar-refractivity contribution is -0.160. The van der Waals surface area contributed by atoms with Gasteiger partial charge in [-0.15, -0.1) is 0 Å². The third kappa shape index (κ3) is 24.8. The second kappa shape index (κ2) is 24.5. The van der Waals surface area contributed by atoms with Gasteiger partial charge in [-0.1, -0.05) is 69.8 Å². The summed E-state index contributed by atoms with van der Waals surface area (Å²) in [7, 11) is -4.57. The van der Waals surface area contributed by atoms with Gasteiger partial charge in [0.1, 0.15) is 12.7 Å². The summed E-state index contributed by atoms with van der Waals surface area (Å²) in [5.74, 6) is -1.14. The number of ether oxygens (including phenoxy) is 2.